The van der Waals surface area contributed by atoms with Gasteiger partial charge in [-0.3, -0.25) is 9.59 Å². The molecule has 0 aliphatic carbocycles. The maximum Gasteiger partial charge on any atom is 0.340 e. The molecule has 0 saturated carbocycles. The van der Waals surface area contributed by atoms with E-state index in [1.165, 1.54) is 6.92 Å². The lowest BCUT2D eigenvalue weighted by Crippen LogP contribution is -2.33. The van der Waals surface area contributed by atoms with Gasteiger partial charge in [0.2, 0.25) is 0 Å². The smallest absolute Gasteiger partial charge is 0.340 e. The van der Waals surface area contributed by atoms with Gasteiger partial charge in [0.15, 0.2) is 5.60 Å². The van der Waals surface area contributed by atoms with Crippen LogP contribution in [0.15, 0.2) is 66.7 Å². The number of rotatable bonds is 5. The molecule has 8 heteroatoms. The molecule has 0 bridgehead atoms. The van der Waals surface area contributed by atoms with Crippen molar-refractivity contribution in [3.63, 3.8) is 0 Å². The van der Waals surface area contributed by atoms with Gasteiger partial charge in [0.25, 0.3) is 6.47 Å². The average Bonchev–Trinajstić information content (AvgIpc) is 3.18. The Morgan fingerprint density at radius 3 is 2.17 bits per heavy atom. The van der Waals surface area contributed by atoms with Crippen molar-refractivity contribution in [3.05, 3.63) is 106 Å². The fraction of sp³-hybridized carbons (Fsp3) is 0.156. The van der Waals surface area contributed by atoms with Gasteiger partial charge in [0.05, 0.1) is 5.56 Å². The maximum atomic E-state index is 13.1. The Labute approximate surface area is 230 Å². The molecule has 40 heavy (non-hydrogen) atoms. The van der Waals surface area contributed by atoms with Gasteiger partial charge in [-0.15, -0.1) is 0 Å². The lowest BCUT2D eigenvalue weighted by Gasteiger charge is -2.36. The molecule has 6 rings (SSSR count). The zero-order valence-corrected chi connectivity index (χ0v) is 22.2. The standard InChI is InChI=1S/C32H24O8/c1-17-5-9-25-28(11-17)39-29-15-22(38-23-12-18(2)30(19(3)13-23)37-20(4)34)7-10-26(29)32(25)27-14-21(36-16-33)6-8-24(27)31(35)40-32/h5-16H,1-4H3. The molecule has 1 spiro atoms. The predicted octanol–water partition coefficient (Wildman–Crippen LogP) is 6.43. The van der Waals surface area contributed by atoms with E-state index in [2.05, 4.69) is 0 Å². The van der Waals surface area contributed by atoms with Gasteiger partial charge >= 0.3 is 11.9 Å². The van der Waals surface area contributed by atoms with Crippen LogP contribution in [0.3, 0.4) is 0 Å². The molecular formula is C32H24O8. The molecule has 4 aromatic rings. The molecule has 1 unspecified atom stereocenters. The van der Waals surface area contributed by atoms with Gasteiger partial charge in [-0.25, -0.2) is 4.79 Å². The van der Waals surface area contributed by atoms with Crippen LogP contribution in [0.2, 0.25) is 0 Å². The monoisotopic (exact) mass is 536 g/mol. The van der Waals surface area contributed by atoms with Crippen molar-refractivity contribution in [1.29, 1.82) is 0 Å². The molecule has 1 atom stereocenters. The van der Waals surface area contributed by atoms with Crippen LogP contribution in [0.25, 0.3) is 0 Å². The predicted molar refractivity (Wildman–Crippen MR) is 143 cm³/mol. The summed E-state index contributed by atoms with van der Waals surface area (Å²) in [5.41, 5.74) is 3.33. The van der Waals surface area contributed by atoms with Crippen molar-refractivity contribution in [2.75, 3.05) is 0 Å². The van der Waals surface area contributed by atoms with E-state index in [9.17, 15) is 14.4 Å². The SMILES string of the molecule is CC(=O)Oc1c(C)cc(Oc2ccc3c(c2)Oc2cc(C)ccc2C32OC(=O)c3ccc(OC=O)cc32)cc1C. The first-order valence-electron chi connectivity index (χ1n) is 12.6. The van der Waals surface area contributed by atoms with Crippen molar-refractivity contribution in [2.45, 2.75) is 33.3 Å². The summed E-state index contributed by atoms with van der Waals surface area (Å²) in [5.74, 6) is 1.93. The van der Waals surface area contributed by atoms with Crippen molar-refractivity contribution >= 4 is 18.4 Å². The van der Waals surface area contributed by atoms with Gasteiger partial charge in [0.1, 0.15) is 34.5 Å². The quantitative estimate of drug-likeness (QED) is 0.163. The lowest BCUT2D eigenvalue weighted by molar-refractivity contribution is -0.132. The summed E-state index contributed by atoms with van der Waals surface area (Å²) in [6.45, 7) is 7.32. The summed E-state index contributed by atoms with van der Waals surface area (Å²) < 4.78 is 29.1. The van der Waals surface area contributed by atoms with Gasteiger partial charge in [-0.1, -0.05) is 12.1 Å². The van der Waals surface area contributed by atoms with E-state index in [1.807, 2.05) is 39.0 Å². The Morgan fingerprint density at radius 2 is 1.48 bits per heavy atom. The Balaban J connectivity index is 1.47. The summed E-state index contributed by atoms with van der Waals surface area (Å²) in [5, 5.41) is 0. The first kappa shape index (κ1) is 25.2. The topological polar surface area (TPSA) is 97.4 Å². The number of carbonyl (C=O) groups excluding carboxylic acids is 3. The number of hydrogen-bond acceptors (Lipinski definition) is 8. The lowest BCUT2D eigenvalue weighted by atomic mass is 9.77. The number of benzene rings is 4. The summed E-state index contributed by atoms with van der Waals surface area (Å²) in [6.07, 6.45) is 0. The van der Waals surface area contributed by atoms with Crippen LogP contribution in [0, 0.1) is 20.8 Å². The molecule has 2 heterocycles. The number of esters is 2. The van der Waals surface area contributed by atoms with Gasteiger partial charge in [-0.05, 0) is 86.0 Å². The molecule has 0 aromatic heterocycles. The van der Waals surface area contributed by atoms with Gasteiger partial charge in [-0.2, -0.15) is 0 Å². The molecule has 2 aliphatic heterocycles. The number of fused-ring (bicyclic) bond motifs is 6. The largest absolute Gasteiger partial charge is 0.457 e. The minimum absolute atomic E-state index is 0.288. The highest BCUT2D eigenvalue weighted by Gasteiger charge is 2.53. The van der Waals surface area contributed by atoms with E-state index in [4.69, 9.17) is 23.7 Å². The Morgan fingerprint density at radius 1 is 0.800 bits per heavy atom. The van der Waals surface area contributed by atoms with E-state index in [-0.39, 0.29) is 5.75 Å². The minimum atomic E-state index is -1.32. The number of aryl methyl sites for hydroxylation is 3. The van der Waals surface area contributed by atoms with Crippen LogP contribution in [0.1, 0.15) is 50.7 Å². The average molecular weight is 537 g/mol. The van der Waals surface area contributed by atoms with Crippen LogP contribution < -0.4 is 18.9 Å². The van der Waals surface area contributed by atoms with E-state index < -0.39 is 17.5 Å². The maximum absolute atomic E-state index is 13.1. The number of hydrogen-bond donors (Lipinski definition) is 0. The van der Waals surface area contributed by atoms with Crippen LogP contribution >= 0.6 is 0 Å². The zero-order chi connectivity index (χ0) is 28.2. The molecule has 0 N–H and O–H groups in total. The molecular weight excluding hydrogens is 512 g/mol. The molecule has 0 amide bonds. The zero-order valence-electron chi connectivity index (χ0n) is 22.2. The highest BCUT2D eigenvalue weighted by atomic mass is 16.6. The van der Waals surface area contributed by atoms with Crippen LogP contribution in [-0.2, 0) is 19.9 Å². The van der Waals surface area contributed by atoms with Crippen molar-refractivity contribution < 1.29 is 38.1 Å². The van der Waals surface area contributed by atoms with Crippen molar-refractivity contribution in [2.24, 2.45) is 0 Å². The normalized spacial score (nSPS) is 16.2. The third kappa shape index (κ3) is 3.96. The fourth-order valence-corrected chi connectivity index (χ4v) is 5.39. The van der Waals surface area contributed by atoms with E-state index in [0.29, 0.717) is 57.5 Å². The fourth-order valence-electron chi connectivity index (χ4n) is 5.39. The minimum Gasteiger partial charge on any atom is -0.457 e. The Bertz CT molecular complexity index is 1710. The van der Waals surface area contributed by atoms with E-state index >= 15 is 0 Å². The third-order valence-corrected chi connectivity index (χ3v) is 7.00. The molecule has 4 aromatic carbocycles. The van der Waals surface area contributed by atoms with Crippen molar-refractivity contribution in [3.8, 4) is 34.5 Å². The summed E-state index contributed by atoms with van der Waals surface area (Å²) in [4.78, 5) is 35.7. The second-order valence-electron chi connectivity index (χ2n) is 9.83. The summed E-state index contributed by atoms with van der Waals surface area (Å²) in [7, 11) is 0. The highest BCUT2D eigenvalue weighted by Crippen LogP contribution is 2.57. The number of carbonyl (C=O) groups is 3. The van der Waals surface area contributed by atoms with Gasteiger partial charge < -0.3 is 23.7 Å². The Hall–Kier alpha value is -5.11. The second kappa shape index (κ2) is 9.27. The first-order chi connectivity index (χ1) is 19.2. The second-order valence-corrected chi connectivity index (χ2v) is 9.83. The van der Waals surface area contributed by atoms with Crippen LogP contribution in [0.4, 0.5) is 0 Å². The molecule has 0 saturated heterocycles. The molecule has 0 radical (unpaired) electrons. The third-order valence-electron chi connectivity index (χ3n) is 7.00. The molecule has 8 nitrogen and oxygen atoms in total. The summed E-state index contributed by atoms with van der Waals surface area (Å²) >= 11 is 0. The van der Waals surface area contributed by atoms with E-state index in [0.717, 1.165) is 16.7 Å². The molecule has 2 aliphatic rings. The first-order valence-corrected chi connectivity index (χ1v) is 12.6. The van der Waals surface area contributed by atoms with E-state index in [1.54, 1.807) is 48.5 Å². The van der Waals surface area contributed by atoms with Crippen LogP contribution in [0.5, 0.6) is 34.5 Å². The Kier molecular flexibility index (Phi) is 5.84. The molecule has 0 fully saturated rings. The highest BCUT2D eigenvalue weighted by molar-refractivity contribution is 5.97. The summed E-state index contributed by atoms with van der Waals surface area (Å²) in [6, 6.07) is 19.4. The van der Waals surface area contributed by atoms with Gasteiger partial charge in [0, 0.05) is 29.7 Å². The van der Waals surface area contributed by atoms with Crippen LogP contribution in [-0.4, -0.2) is 18.4 Å². The number of ether oxygens (including phenoxy) is 5. The van der Waals surface area contributed by atoms with Crippen molar-refractivity contribution in [1.82, 2.24) is 0 Å². The molecule has 200 valence electrons.